The Morgan fingerprint density at radius 2 is 1.75 bits per heavy atom. The Hall–Kier alpha value is -1.31. The second-order valence-electron chi connectivity index (χ2n) is 2.99. The van der Waals surface area contributed by atoms with E-state index in [1.807, 2.05) is 26.8 Å². The highest BCUT2D eigenvalue weighted by atomic mass is 16.4. The summed E-state index contributed by atoms with van der Waals surface area (Å²) >= 11 is 0. The SMILES string of the molecule is Cc1ccc(C(=O)O)c(C)c1C. The first-order valence-corrected chi connectivity index (χ1v) is 3.84. The zero-order valence-corrected chi connectivity index (χ0v) is 7.51. The molecule has 2 nitrogen and oxygen atoms in total. The molecule has 0 unspecified atom stereocenters. The standard InChI is InChI=1S/C10H12O2/c1-6-4-5-9(10(11)12)8(3)7(6)2/h4-5H,1-3H3,(H,11,12). The Labute approximate surface area is 71.8 Å². The second-order valence-corrected chi connectivity index (χ2v) is 2.99. The van der Waals surface area contributed by atoms with Gasteiger partial charge >= 0.3 is 5.97 Å². The van der Waals surface area contributed by atoms with Crippen LogP contribution in [0.1, 0.15) is 27.0 Å². The summed E-state index contributed by atoms with van der Waals surface area (Å²) in [5.74, 6) is -0.851. The molecule has 1 aromatic carbocycles. The fourth-order valence-corrected chi connectivity index (χ4v) is 1.19. The Balaban J connectivity index is 3.36. The molecule has 64 valence electrons. The van der Waals surface area contributed by atoms with Crippen LogP contribution in [-0.2, 0) is 0 Å². The van der Waals surface area contributed by atoms with E-state index < -0.39 is 5.97 Å². The minimum Gasteiger partial charge on any atom is -0.478 e. The normalized spacial score (nSPS) is 9.92. The van der Waals surface area contributed by atoms with Crippen molar-refractivity contribution in [2.75, 3.05) is 0 Å². The maximum atomic E-state index is 10.7. The van der Waals surface area contributed by atoms with Gasteiger partial charge in [-0.3, -0.25) is 0 Å². The van der Waals surface area contributed by atoms with Crippen molar-refractivity contribution in [1.82, 2.24) is 0 Å². The van der Waals surface area contributed by atoms with E-state index in [-0.39, 0.29) is 0 Å². The van der Waals surface area contributed by atoms with Crippen molar-refractivity contribution in [3.63, 3.8) is 0 Å². The van der Waals surface area contributed by atoms with Crippen LogP contribution in [0.4, 0.5) is 0 Å². The molecule has 0 bridgehead atoms. The minimum atomic E-state index is -0.851. The highest BCUT2D eigenvalue weighted by molar-refractivity contribution is 5.89. The first-order valence-electron chi connectivity index (χ1n) is 3.84. The number of aromatic carboxylic acids is 1. The molecule has 2 heteroatoms. The summed E-state index contributed by atoms with van der Waals surface area (Å²) in [6, 6.07) is 3.49. The van der Waals surface area contributed by atoms with E-state index in [9.17, 15) is 4.79 Å². The number of benzene rings is 1. The molecule has 0 saturated heterocycles. The van der Waals surface area contributed by atoms with Crippen molar-refractivity contribution >= 4 is 5.97 Å². The van der Waals surface area contributed by atoms with Gasteiger partial charge in [0.25, 0.3) is 0 Å². The fourth-order valence-electron chi connectivity index (χ4n) is 1.19. The van der Waals surface area contributed by atoms with E-state index in [2.05, 4.69) is 0 Å². The van der Waals surface area contributed by atoms with E-state index in [1.165, 1.54) is 0 Å². The van der Waals surface area contributed by atoms with Gasteiger partial charge in [-0.05, 0) is 43.5 Å². The number of rotatable bonds is 1. The molecule has 1 rings (SSSR count). The van der Waals surface area contributed by atoms with E-state index in [4.69, 9.17) is 5.11 Å². The summed E-state index contributed by atoms with van der Waals surface area (Å²) in [5.41, 5.74) is 3.47. The van der Waals surface area contributed by atoms with E-state index in [1.54, 1.807) is 6.07 Å². The summed E-state index contributed by atoms with van der Waals surface area (Å²) in [6.45, 7) is 5.76. The van der Waals surface area contributed by atoms with E-state index in [0.29, 0.717) is 5.56 Å². The fraction of sp³-hybridized carbons (Fsp3) is 0.300. The molecule has 0 fully saturated rings. The van der Waals surface area contributed by atoms with Gasteiger partial charge in [0.1, 0.15) is 0 Å². The van der Waals surface area contributed by atoms with Crippen LogP contribution in [0.2, 0.25) is 0 Å². The average molecular weight is 164 g/mol. The van der Waals surface area contributed by atoms with Crippen LogP contribution in [0.25, 0.3) is 0 Å². The summed E-state index contributed by atoms with van der Waals surface area (Å²) in [4.78, 5) is 10.7. The van der Waals surface area contributed by atoms with Crippen LogP contribution >= 0.6 is 0 Å². The maximum Gasteiger partial charge on any atom is 0.335 e. The predicted octanol–water partition coefficient (Wildman–Crippen LogP) is 2.31. The summed E-state index contributed by atoms with van der Waals surface area (Å²) in [5, 5.41) is 8.78. The molecule has 0 aliphatic rings. The van der Waals surface area contributed by atoms with Gasteiger partial charge in [-0.25, -0.2) is 4.79 Å². The Kier molecular flexibility index (Phi) is 2.18. The van der Waals surface area contributed by atoms with E-state index >= 15 is 0 Å². The molecule has 0 aromatic heterocycles. The molecule has 12 heavy (non-hydrogen) atoms. The molecule has 0 heterocycles. The Morgan fingerprint density at radius 3 is 2.25 bits per heavy atom. The third-order valence-corrected chi connectivity index (χ3v) is 2.29. The number of aryl methyl sites for hydroxylation is 1. The molecule has 0 saturated carbocycles. The van der Waals surface area contributed by atoms with Gasteiger partial charge < -0.3 is 5.11 Å². The number of hydrogen-bond acceptors (Lipinski definition) is 1. The summed E-state index contributed by atoms with van der Waals surface area (Å²) in [6.07, 6.45) is 0. The van der Waals surface area contributed by atoms with Crippen molar-refractivity contribution in [3.05, 3.63) is 34.4 Å². The first kappa shape index (κ1) is 8.78. The molecule has 0 atom stereocenters. The Bertz CT molecular complexity index is 327. The zero-order chi connectivity index (χ0) is 9.30. The lowest BCUT2D eigenvalue weighted by Gasteiger charge is -2.06. The number of carbonyl (C=O) groups is 1. The van der Waals surface area contributed by atoms with Crippen molar-refractivity contribution < 1.29 is 9.90 Å². The van der Waals surface area contributed by atoms with Crippen molar-refractivity contribution in [1.29, 1.82) is 0 Å². The van der Waals surface area contributed by atoms with Gasteiger partial charge in [-0.2, -0.15) is 0 Å². The molecule has 1 aromatic rings. The van der Waals surface area contributed by atoms with Crippen LogP contribution in [0, 0.1) is 20.8 Å². The van der Waals surface area contributed by atoms with Gasteiger partial charge in [-0.1, -0.05) is 6.07 Å². The van der Waals surface area contributed by atoms with Crippen LogP contribution in [0.15, 0.2) is 12.1 Å². The van der Waals surface area contributed by atoms with Crippen molar-refractivity contribution in [3.8, 4) is 0 Å². The Morgan fingerprint density at radius 1 is 1.17 bits per heavy atom. The van der Waals surface area contributed by atoms with Gasteiger partial charge in [0, 0.05) is 0 Å². The molecule has 0 amide bonds. The number of carboxylic acid groups (broad SMARTS) is 1. The van der Waals surface area contributed by atoms with Gasteiger partial charge in [-0.15, -0.1) is 0 Å². The molecule has 0 spiro atoms. The molecular weight excluding hydrogens is 152 g/mol. The first-order chi connectivity index (χ1) is 5.54. The summed E-state index contributed by atoms with van der Waals surface area (Å²) in [7, 11) is 0. The minimum absolute atomic E-state index is 0.401. The van der Waals surface area contributed by atoms with E-state index in [0.717, 1.165) is 16.7 Å². The molecule has 0 aliphatic carbocycles. The monoisotopic (exact) mass is 164 g/mol. The van der Waals surface area contributed by atoms with Gasteiger partial charge in [0.05, 0.1) is 5.56 Å². The quantitative estimate of drug-likeness (QED) is 0.691. The molecule has 0 aliphatic heterocycles. The van der Waals surface area contributed by atoms with Crippen LogP contribution in [0.5, 0.6) is 0 Å². The van der Waals surface area contributed by atoms with Crippen LogP contribution in [-0.4, -0.2) is 11.1 Å². The predicted molar refractivity (Wildman–Crippen MR) is 47.6 cm³/mol. The molecule has 0 radical (unpaired) electrons. The van der Waals surface area contributed by atoms with Crippen LogP contribution in [0.3, 0.4) is 0 Å². The largest absolute Gasteiger partial charge is 0.478 e. The lowest BCUT2D eigenvalue weighted by molar-refractivity contribution is 0.0696. The summed E-state index contributed by atoms with van der Waals surface area (Å²) < 4.78 is 0. The second kappa shape index (κ2) is 2.97. The van der Waals surface area contributed by atoms with Gasteiger partial charge in [0.15, 0.2) is 0 Å². The average Bonchev–Trinajstić information content (AvgIpc) is 2.00. The third kappa shape index (κ3) is 1.33. The number of hydrogen-bond donors (Lipinski definition) is 1. The molecule has 1 N–H and O–H groups in total. The molecular formula is C10H12O2. The third-order valence-electron chi connectivity index (χ3n) is 2.29. The lowest BCUT2D eigenvalue weighted by atomic mass is 9.99. The highest BCUT2D eigenvalue weighted by Gasteiger charge is 2.08. The lowest BCUT2D eigenvalue weighted by Crippen LogP contribution is -2.01. The topological polar surface area (TPSA) is 37.3 Å². The van der Waals surface area contributed by atoms with Crippen LogP contribution < -0.4 is 0 Å². The van der Waals surface area contributed by atoms with Gasteiger partial charge in [0.2, 0.25) is 0 Å². The van der Waals surface area contributed by atoms with Crippen molar-refractivity contribution in [2.45, 2.75) is 20.8 Å². The maximum absolute atomic E-state index is 10.7. The highest BCUT2D eigenvalue weighted by Crippen LogP contribution is 2.16. The zero-order valence-electron chi connectivity index (χ0n) is 7.51. The smallest absolute Gasteiger partial charge is 0.335 e. The van der Waals surface area contributed by atoms with Crippen molar-refractivity contribution in [2.24, 2.45) is 0 Å². The number of carboxylic acids is 1.